The Bertz CT molecular complexity index is 1400. The van der Waals surface area contributed by atoms with Gasteiger partial charge in [0.1, 0.15) is 21.9 Å². The molecular weight excluding hydrogens is 539 g/mol. The van der Waals surface area contributed by atoms with E-state index in [2.05, 4.69) is 46.6 Å². The van der Waals surface area contributed by atoms with E-state index in [9.17, 15) is 22.8 Å². The number of benzene rings is 1. The second kappa shape index (κ2) is 9.10. The topological polar surface area (TPSA) is 115 Å². The lowest BCUT2D eigenvalue weighted by Crippen LogP contribution is -2.27. The predicted octanol–water partition coefficient (Wildman–Crippen LogP) is 4.34. The van der Waals surface area contributed by atoms with Crippen molar-refractivity contribution in [2.24, 2.45) is 7.05 Å². The van der Waals surface area contributed by atoms with Crippen molar-refractivity contribution in [2.75, 3.05) is 5.32 Å². The Balaban J connectivity index is 1.47. The second-order valence-corrected chi connectivity index (χ2v) is 9.14. The number of aromatic nitrogens is 5. The molecule has 14 heteroatoms. The molecule has 2 N–H and O–H groups in total. The first kappa shape index (κ1) is 23.8. The maximum Gasteiger partial charge on any atom is 0.416 e. The Morgan fingerprint density at radius 1 is 1.12 bits per heavy atom. The van der Waals surface area contributed by atoms with Crippen molar-refractivity contribution >= 4 is 55.8 Å². The molecule has 9 nitrogen and oxygen atoms in total. The van der Waals surface area contributed by atoms with Crippen LogP contribution in [0.4, 0.5) is 18.9 Å². The van der Waals surface area contributed by atoms with Crippen LogP contribution in [0.15, 0.2) is 41.4 Å². The van der Waals surface area contributed by atoms with Gasteiger partial charge in [0.2, 0.25) is 0 Å². The van der Waals surface area contributed by atoms with Crippen LogP contribution in [-0.4, -0.2) is 36.5 Å². The number of rotatable bonds is 5. The fraction of sp³-hybridized carbons (Fsp3) is 0.200. The van der Waals surface area contributed by atoms with Gasteiger partial charge < -0.3 is 10.6 Å². The van der Waals surface area contributed by atoms with E-state index in [1.165, 1.54) is 29.5 Å². The molecular formula is C20H15BrF3N7O2S. The van der Waals surface area contributed by atoms with Crippen molar-refractivity contribution in [2.45, 2.75) is 19.1 Å². The van der Waals surface area contributed by atoms with Crippen LogP contribution in [0, 0.1) is 0 Å². The van der Waals surface area contributed by atoms with Crippen LogP contribution in [0.2, 0.25) is 0 Å². The van der Waals surface area contributed by atoms with Gasteiger partial charge in [0.25, 0.3) is 11.8 Å². The van der Waals surface area contributed by atoms with Gasteiger partial charge in [-0.1, -0.05) is 15.9 Å². The summed E-state index contributed by atoms with van der Waals surface area (Å²) in [7, 11) is 1.69. The minimum absolute atomic E-state index is 0.0211. The molecule has 0 fully saturated rings. The Kier molecular flexibility index (Phi) is 6.36. The van der Waals surface area contributed by atoms with E-state index in [0.29, 0.717) is 16.0 Å². The largest absolute Gasteiger partial charge is 0.416 e. The third-order valence-electron chi connectivity index (χ3n) is 4.69. The van der Waals surface area contributed by atoms with Crippen LogP contribution in [-0.2, 0) is 13.2 Å². The van der Waals surface area contributed by atoms with E-state index >= 15 is 0 Å². The molecule has 0 saturated carbocycles. The summed E-state index contributed by atoms with van der Waals surface area (Å²) in [6.45, 7) is 1.68. The maximum absolute atomic E-state index is 13.0. The number of anilines is 1. The summed E-state index contributed by atoms with van der Waals surface area (Å²) >= 11 is 4.02. The fourth-order valence-electron chi connectivity index (χ4n) is 3.08. The molecule has 176 valence electrons. The summed E-state index contributed by atoms with van der Waals surface area (Å²) in [5, 5.41) is 10.2. The zero-order chi connectivity index (χ0) is 24.6. The number of alkyl halides is 3. The summed E-state index contributed by atoms with van der Waals surface area (Å²) in [6, 6.07) is 2.55. The summed E-state index contributed by atoms with van der Waals surface area (Å²) in [6.07, 6.45) is -0.501. The predicted molar refractivity (Wildman–Crippen MR) is 121 cm³/mol. The average molecular weight is 554 g/mol. The molecule has 3 heterocycles. The number of nitrogens with zero attached hydrogens (tertiary/aromatic N) is 5. The minimum atomic E-state index is -4.56. The number of thiazole rings is 1. The van der Waals surface area contributed by atoms with E-state index in [4.69, 9.17) is 0 Å². The lowest BCUT2D eigenvalue weighted by molar-refractivity contribution is -0.137. The number of fused-ring (bicyclic) bond motifs is 1. The highest BCUT2D eigenvalue weighted by Gasteiger charge is 2.31. The molecule has 0 spiro atoms. The van der Waals surface area contributed by atoms with Crippen LogP contribution in [0.5, 0.6) is 0 Å². The summed E-state index contributed by atoms with van der Waals surface area (Å²) in [5.41, 5.74) is -0.268. The Morgan fingerprint density at radius 3 is 2.62 bits per heavy atom. The molecule has 1 atom stereocenters. The first-order valence-electron chi connectivity index (χ1n) is 9.61. The average Bonchev–Trinajstić information content (AvgIpc) is 3.40. The molecule has 0 bridgehead atoms. The minimum Gasteiger partial charge on any atom is -0.342 e. The Morgan fingerprint density at radius 2 is 1.88 bits per heavy atom. The SMILES string of the molecule is CC(NC(=O)c1ncnc2c1cnn2C)c1ncc(C(=O)Nc2cc(Br)cc(C(F)(F)F)c2)s1. The van der Waals surface area contributed by atoms with Crippen LogP contribution in [0.3, 0.4) is 0 Å². The highest BCUT2D eigenvalue weighted by molar-refractivity contribution is 9.10. The number of nitrogens with one attached hydrogen (secondary N) is 2. The third-order valence-corrected chi connectivity index (χ3v) is 6.33. The third kappa shape index (κ3) is 4.92. The van der Waals surface area contributed by atoms with E-state index < -0.39 is 29.6 Å². The van der Waals surface area contributed by atoms with Gasteiger partial charge in [-0.2, -0.15) is 18.3 Å². The highest BCUT2D eigenvalue weighted by atomic mass is 79.9. The molecule has 0 aliphatic heterocycles. The highest BCUT2D eigenvalue weighted by Crippen LogP contribution is 2.33. The normalized spacial score (nSPS) is 12.5. The lowest BCUT2D eigenvalue weighted by atomic mass is 10.2. The Labute approximate surface area is 202 Å². The van der Waals surface area contributed by atoms with E-state index in [-0.39, 0.29) is 20.7 Å². The molecule has 0 aliphatic rings. The van der Waals surface area contributed by atoms with Crippen LogP contribution in [0.25, 0.3) is 11.0 Å². The molecule has 34 heavy (non-hydrogen) atoms. The zero-order valence-electron chi connectivity index (χ0n) is 17.5. The van der Waals surface area contributed by atoms with Crippen molar-refractivity contribution in [3.05, 3.63) is 62.5 Å². The van der Waals surface area contributed by atoms with Gasteiger partial charge in [-0.15, -0.1) is 11.3 Å². The van der Waals surface area contributed by atoms with Crippen molar-refractivity contribution in [3.8, 4) is 0 Å². The number of halogens is 4. The van der Waals surface area contributed by atoms with Crippen molar-refractivity contribution < 1.29 is 22.8 Å². The number of hydrogen-bond donors (Lipinski definition) is 2. The van der Waals surface area contributed by atoms with Crippen molar-refractivity contribution in [3.63, 3.8) is 0 Å². The number of amides is 2. The van der Waals surface area contributed by atoms with Gasteiger partial charge in [-0.05, 0) is 25.1 Å². The maximum atomic E-state index is 13.0. The first-order chi connectivity index (χ1) is 16.0. The fourth-order valence-corrected chi connectivity index (χ4v) is 4.39. The number of hydrogen-bond acceptors (Lipinski definition) is 7. The van der Waals surface area contributed by atoms with Gasteiger partial charge in [0.05, 0.1) is 29.4 Å². The van der Waals surface area contributed by atoms with Crippen LogP contribution >= 0.6 is 27.3 Å². The number of carbonyl (C=O) groups is 2. The number of aryl methyl sites for hydroxylation is 1. The van der Waals surface area contributed by atoms with E-state index in [1.54, 1.807) is 14.0 Å². The molecule has 4 aromatic rings. The summed E-state index contributed by atoms with van der Waals surface area (Å²) in [5.74, 6) is -1.09. The standard InChI is InChI=1S/C20H15BrF3N7O2S/c1-9(29-18(33)15-13-6-28-31(2)16(13)27-8-26-15)19-25-7-14(34-19)17(32)30-12-4-10(20(22,23)24)3-11(21)5-12/h3-9H,1-2H3,(H,29,33)(H,30,32). The molecule has 1 aromatic carbocycles. The second-order valence-electron chi connectivity index (χ2n) is 7.17. The summed E-state index contributed by atoms with van der Waals surface area (Å²) < 4.78 is 40.8. The molecule has 4 rings (SSSR count). The van der Waals surface area contributed by atoms with Crippen molar-refractivity contribution in [1.29, 1.82) is 0 Å². The van der Waals surface area contributed by atoms with Gasteiger partial charge in [-0.3, -0.25) is 14.3 Å². The number of carbonyl (C=O) groups excluding carboxylic acids is 2. The smallest absolute Gasteiger partial charge is 0.342 e. The van der Waals surface area contributed by atoms with Gasteiger partial charge >= 0.3 is 6.18 Å². The monoisotopic (exact) mass is 553 g/mol. The molecule has 0 aliphatic carbocycles. The molecule has 2 amide bonds. The zero-order valence-corrected chi connectivity index (χ0v) is 19.9. The lowest BCUT2D eigenvalue weighted by Gasteiger charge is -2.11. The van der Waals surface area contributed by atoms with Gasteiger partial charge in [0, 0.05) is 17.2 Å². The first-order valence-corrected chi connectivity index (χ1v) is 11.2. The van der Waals surface area contributed by atoms with E-state index in [0.717, 1.165) is 23.5 Å². The van der Waals surface area contributed by atoms with Gasteiger partial charge in [-0.25, -0.2) is 15.0 Å². The molecule has 3 aromatic heterocycles. The van der Waals surface area contributed by atoms with Crippen LogP contribution < -0.4 is 10.6 Å². The van der Waals surface area contributed by atoms with Crippen molar-refractivity contribution in [1.82, 2.24) is 30.0 Å². The Hall–Kier alpha value is -3.39. The quantitative estimate of drug-likeness (QED) is 0.380. The van der Waals surface area contributed by atoms with E-state index in [1.807, 2.05) is 0 Å². The molecule has 1 unspecified atom stereocenters. The van der Waals surface area contributed by atoms with Gasteiger partial charge in [0.15, 0.2) is 5.65 Å². The van der Waals surface area contributed by atoms with Crippen LogP contribution in [0.1, 0.15) is 43.7 Å². The molecule has 0 saturated heterocycles. The summed E-state index contributed by atoms with van der Waals surface area (Å²) in [4.78, 5) is 37.8. The molecule has 0 radical (unpaired) electrons.